The average molecular weight is 377 g/mol. The number of rotatable bonds is 5. The zero-order valence-electron chi connectivity index (χ0n) is 14.2. The van der Waals surface area contributed by atoms with Crippen molar-refractivity contribution < 1.29 is 19.3 Å². The first kappa shape index (κ1) is 18.2. The number of ether oxygens (including phenoxy) is 1. The van der Waals surface area contributed by atoms with Crippen molar-refractivity contribution in [3.8, 4) is 5.75 Å². The molecule has 1 heterocycles. The van der Waals surface area contributed by atoms with Gasteiger partial charge in [-0.25, -0.2) is 9.90 Å². The summed E-state index contributed by atoms with van der Waals surface area (Å²) in [5.74, 6) is 0.144. The number of carbonyl (C=O) groups is 1. The summed E-state index contributed by atoms with van der Waals surface area (Å²) >= 11 is 6.15. The molecule has 1 atom stereocenters. The van der Waals surface area contributed by atoms with Gasteiger partial charge in [0, 0.05) is 17.2 Å². The van der Waals surface area contributed by atoms with Crippen LogP contribution in [0.5, 0.6) is 5.75 Å². The second-order valence-corrected chi connectivity index (χ2v) is 6.87. The van der Waals surface area contributed by atoms with Crippen molar-refractivity contribution in [1.29, 1.82) is 0 Å². The monoisotopic (exact) mass is 376 g/mol. The molecule has 1 unspecified atom stereocenters. The predicted octanol–water partition coefficient (Wildman–Crippen LogP) is 3.95. The summed E-state index contributed by atoms with van der Waals surface area (Å²) in [6.45, 7) is 3.64. The van der Waals surface area contributed by atoms with Gasteiger partial charge in [0.05, 0.1) is 11.5 Å². The lowest BCUT2D eigenvalue weighted by atomic mass is 9.92. The van der Waals surface area contributed by atoms with E-state index in [-0.39, 0.29) is 18.1 Å². The molecule has 0 saturated carbocycles. The highest BCUT2D eigenvalue weighted by molar-refractivity contribution is 6.31. The van der Waals surface area contributed by atoms with E-state index in [2.05, 4.69) is 0 Å². The van der Waals surface area contributed by atoms with Crippen LogP contribution in [0.4, 0.5) is 5.69 Å². The highest BCUT2D eigenvalue weighted by atomic mass is 35.5. The lowest BCUT2D eigenvalue weighted by molar-refractivity contribution is -0.384. The number of nitro benzene ring substituents is 1. The minimum Gasteiger partial charge on any atom is -0.462 e. The van der Waals surface area contributed by atoms with Gasteiger partial charge < -0.3 is 4.74 Å². The molecule has 1 amide bonds. The Labute approximate surface area is 155 Å². The molecular weight excluding hydrogens is 360 g/mol. The van der Waals surface area contributed by atoms with E-state index in [0.717, 1.165) is 5.56 Å². The Balaban J connectivity index is 1.75. The van der Waals surface area contributed by atoms with E-state index in [1.807, 2.05) is 18.2 Å². The van der Waals surface area contributed by atoms with Gasteiger partial charge in [0.25, 0.3) is 11.6 Å². The van der Waals surface area contributed by atoms with Gasteiger partial charge in [-0.05, 0) is 37.6 Å². The summed E-state index contributed by atoms with van der Waals surface area (Å²) in [6, 6.07) is 12.8. The van der Waals surface area contributed by atoms with Gasteiger partial charge in [-0.15, -0.1) is 0 Å². The maximum absolute atomic E-state index is 12.7. The lowest BCUT2D eigenvalue weighted by Gasteiger charge is -2.21. The molecule has 7 nitrogen and oxygen atoms in total. The third-order valence-corrected chi connectivity index (χ3v) is 4.52. The molecule has 2 aromatic rings. The number of nitro groups is 1. The first-order valence-electron chi connectivity index (χ1n) is 7.92. The quantitative estimate of drug-likeness (QED) is 0.582. The smallest absolute Gasteiger partial charge is 0.269 e. The average Bonchev–Trinajstić information content (AvgIpc) is 2.81. The van der Waals surface area contributed by atoms with Gasteiger partial charge in [0.2, 0.25) is 6.29 Å². The molecule has 26 heavy (non-hydrogen) atoms. The predicted molar refractivity (Wildman–Crippen MR) is 94.4 cm³/mol. The van der Waals surface area contributed by atoms with Crippen molar-refractivity contribution in [1.82, 2.24) is 5.06 Å². The Morgan fingerprint density at radius 2 is 1.88 bits per heavy atom. The van der Waals surface area contributed by atoms with Crippen LogP contribution in [0.1, 0.15) is 19.4 Å². The number of hydrogen-bond donors (Lipinski definition) is 0. The zero-order chi connectivity index (χ0) is 18.9. The standard InChI is InChI=1S/C18H17ClN2O5/c1-18(2)16(22)20(11-12-5-3-4-6-15(12)19)26-17(18)25-14-9-7-13(8-10-14)21(23)24/h3-10,17H,11H2,1-2H3. The van der Waals surface area contributed by atoms with Crippen molar-refractivity contribution in [3.05, 3.63) is 69.2 Å². The van der Waals surface area contributed by atoms with Gasteiger partial charge >= 0.3 is 0 Å². The molecule has 136 valence electrons. The van der Waals surface area contributed by atoms with Crippen molar-refractivity contribution in [2.75, 3.05) is 0 Å². The van der Waals surface area contributed by atoms with E-state index < -0.39 is 16.6 Å². The molecular formula is C18H17ClN2O5. The number of non-ortho nitro benzene ring substituents is 1. The molecule has 1 saturated heterocycles. The Kier molecular flexibility index (Phi) is 4.84. The van der Waals surface area contributed by atoms with Crippen molar-refractivity contribution >= 4 is 23.2 Å². The Morgan fingerprint density at radius 3 is 2.50 bits per heavy atom. The molecule has 0 N–H and O–H groups in total. The van der Waals surface area contributed by atoms with Crippen LogP contribution < -0.4 is 4.74 Å². The van der Waals surface area contributed by atoms with Gasteiger partial charge in [0.1, 0.15) is 11.2 Å². The number of carbonyl (C=O) groups excluding carboxylic acids is 1. The van der Waals surface area contributed by atoms with Crippen LogP contribution in [0.2, 0.25) is 5.02 Å². The van der Waals surface area contributed by atoms with Gasteiger partial charge in [-0.1, -0.05) is 29.8 Å². The minimum atomic E-state index is -0.928. The van der Waals surface area contributed by atoms with E-state index in [1.165, 1.54) is 29.3 Å². The number of nitrogens with zero attached hydrogens (tertiary/aromatic N) is 2. The SMILES string of the molecule is CC1(C)C(=O)N(Cc2ccccc2Cl)OC1Oc1ccc([N+](=O)[O-])cc1. The van der Waals surface area contributed by atoms with Crippen LogP contribution in [0, 0.1) is 15.5 Å². The van der Waals surface area contributed by atoms with Crippen molar-refractivity contribution in [2.45, 2.75) is 26.7 Å². The molecule has 0 spiro atoms. The van der Waals surface area contributed by atoms with Crippen LogP contribution in [0.3, 0.4) is 0 Å². The third-order valence-electron chi connectivity index (χ3n) is 4.15. The molecule has 1 fully saturated rings. The highest BCUT2D eigenvalue weighted by Crippen LogP contribution is 2.37. The van der Waals surface area contributed by atoms with Crippen molar-refractivity contribution in [3.63, 3.8) is 0 Å². The summed E-state index contributed by atoms with van der Waals surface area (Å²) < 4.78 is 5.75. The largest absolute Gasteiger partial charge is 0.462 e. The van der Waals surface area contributed by atoms with E-state index in [0.29, 0.717) is 10.8 Å². The number of amides is 1. The summed E-state index contributed by atoms with van der Waals surface area (Å²) in [6.07, 6.45) is -0.862. The Hall–Kier alpha value is -2.64. The number of hydrogen-bond acceptors (Lipinski definition) is 5. The fourth-order valence-corrected chi connectivity index (χ4v) is 2.74. The van der Waals surface area contributed by atoms with Gasteiger partial charge in [0.15, 0.2) is 0 Å². The van der Waals surface area contributed by atoms with E-state index >= 15 is 0 Å². The maximum Gasteiger partial charge on any atom is 0.269 e. The van der Waals surface area contributed by atoms with Crippen LogP contribution in [0.15, 0.2) is 48.5 Å². The summed E-state index contributed by atoms with van der Waals surface area (Å²) in [5.41, 5.74) is -0.210. The minimum absolute atomic E-state index is 0.0413. The number of hydroxylamine groups is 2. The molecule has 1 aliphatic rings. The molecule has 0 aromatic heterocycles. The molecule has 3 rings (SSSR count). The van der Waals surface area contributed by atoms with E-state index in [9.17, 15) is 14.9 Å². The van der Waals surface area contributed by atoms with Crippen molar-refractivity contribution in [2.24, 2.45) is 5.41 Å². The Morgan fingerprint density at radius 1 is 1.23 bits per heavy atom. The van der Waals surface area contributed by atoms with Crippen LogP contribution in [-0.2, 0) is 16.2 Å². The first-order chi connectivity index (χ1) is 12.3. The normalized spacial score (nSPS) is 18.8. The first-order valence-corrected chi connectivity index (χ1v) is 8.30. The molecule has 0 bridgehead atoms. The lowest BCUT2D eigenvalue weighted by Crippen LogP contribution is -2.35. The number of halogens is 1. The van der Waals surface area contributed by atoms with Crippen LogP contribution >= 0.6 is 11.6 Å². The second-order valence-electron chi connectivity index (χ2n) is 6.46. The Bertz CT molecular complexity index is 838. The van der Waals surface area contributed by atoms with E-state index in [4.69, 9.17) is 21.2 Å². The maximum atomic E-state index is 12.7. The highest BCUT2D eigenvalue weighted by Gasteiger charge is 2.51. The second kappa shape index (κ2) is 6.93. The van der Waals surface area contributed by atoms with Crippen LogP contribution in [-0.4, -0.2) is 22.2 Å². The van der Waals surface area contributed by atoms with E-state index in [1.54, 1.807) is 19.9 Å². The fraction of sp³-hybridized carbons (Fsp3) is 0.278. The molecule has 0 radical (unpaired) electrons. The topological polar surface area (TPSA) is 81.9 Å². The van der Waals surface area contributed by atoms with Gasteiger partial charge in [-0.2, -0.15) is 0 Å². The summed E-state index contributed by atoms with van der Waals surface area (Å²) in [5, 5.41) is 12.5. The molecule has 0 aliphatic carbocycles. The summed E-state index contributed by atoms with van der Waals surface area (Å²) in [7, 11) is 0. The molecule has 2 aromatic carbocycles. The summed E-state index contributed by atoms with van der Waals surface area (Å²) in [4.78, 5) is 28.6. The fourth-order valence-electron chi connectivity index (χ4n) is 2.55. The zero-order valence-corrected chi connectivity index (χ0v) is 15.0. The number of benzene rings is 2. The van der Waals surface area contributed by atoms with Gasteiger partial charge in [-0.3, -0.25) is 14.9 Å². The van der Waals surface area contributed by atoms with Crippen LogP contribution in [0.25, 0.3) is 0 Å². The third kappa shape index (κ3) is 3.49. The molecule has 1 aliphatic heterocycles. The molecule has 8 heteroatoms.